The Hall–Kier alpha value is -0.120. The molecule has 0 aromatic carbocycles. The van der Waals surface area contributed by atoms with Crippen LogP contribution in [0, 0.1) is 0 Å². The number of hydrogen-bond acceptors (Lipinski definition) is 3. The summed E-state index contributed by atoms with van der Waals surface area (Å²) in [5.41, 5.74) is 5.56. The highest BCUT2D eigenvalue weighted by atomic mass is 16.3. The number of aliphatic hydroxyl groups is 2. The zero-order valence-corrected chi connectivity index (χ0v) is 6.62. The average Bonchev–Trinajstić information content (AvgIpc) is 1.58. The molecule has 0 aromatic heterocycles. The molecule has 0 bridgehead atoms. The van der Waals surface area contributed by atoms with Gasteiger partial charge >= 0.3 is 0 Å². The second-order valence-corrected chi connectivity index (χ2v) is 2.93. The highest BCUT2D eigenvalue weighted by Gasteiger charge is 2.08. The Morgan fingerprint density at radius 2 is 1.40 bits per heavy atom. The summed E-state index contributed by atoms with van der Waals surface area (Å²) in [6, 6.07) is -0.0833. The molecule has 2 unspecified atom stereocenters. The van der Waals surface area contributed by atoms with Crippen LogP contribution in [-0.4, -0.2) is 28.5 Å². The highest BCUT2D eigenvalue weighted by molar-refractivity contribution is 4.66. The van der Waals surface area contributed by atoms with Gasteiger partial charge in [0.15, 0.2) is 0 Å². The molecule has 0 radical (unpaired) electrons. The Morgan fingerprint density at radius 3 is 1.60 bits per heavy atom. The van der Waals surface area contributed by atoms with Crippen molar-refractivity contribution in [3.8, 4) is 0 Å². The maximum atomic E-state index is 8.87. The maximum absolute atomic E-state index is 8.87. The van der Waals surface area contributed by atoms with Gasteiger partial charge in [-0.1, -0.05) is 0 Å². The van der Waals surface area contributed by atoms with E-state index in [1.165, 1.54) is 0 Å². The quantitative estimate of drug-likeness (QED) is 0.518. The third-order valence-electron chi connectivity index (χ3n) is 1.29. The van der Waals surface area contributed by atoms with Crippen molar-refractivity contribution in [3.05, 3.63) is 0 Å². The molecule has 10 heavy (non-hydrogen) atoms. The van der Waals surface area contributed by atoms with Crippen LogP contribution in [0.2, 0.25) is 0 Å². The van der Waals surface area contributed by atoms with Gasteiger partial charge in [0, 0.05) is 6.04 Å². The van der Waals surface area contributed by atoms with Gasteiger partial charge in [-0.25, -0.2) is 0 Å². The van der Waals surface area contributed by atoms with Crippen molar-refractivity contribution in [2.24, 2.45) is 5.73 Å². The van der Waals surface area contributed by atoms with E-state index in [9.17, 15) is 0 Å². The third-order valence-corrected chi connectivity index (χ3v) is 1.29. The van der Waals surface area contributed by atoms with Gasteiger partial charge in [-0.15, -0.1) is 0 Å². The lowest BCUT2D eigenvalue weighted by Crippen LogP contribution is -2.28. The van der Waals surface area contributed by atoms with Crippen molar-refractivity contribution in [3.63, 3.8) is 0 Å². The molecule has 0 heterocycles. The van der Waals surface area contributed by atoms with Crippen LogP contribution < -0.4 is 5.73 Å². The zero-order valence-electron chi connectivity index (χ0n) is 6.62. The molecule has 62 valence electrons. The van der Waals surface area contributed by atoms with Gasteiger partial charge in [0.05, 0.1) is 12.2 Å². The molecule has 0 aliphatic carbocycles. The first-order valence-corrected chi connectivity index (χ1v) is 3.64. The Bertz CT molecular complexity index is 73.7. The summed E-state index contributed by atoms with van der Waals surface area (Å²) in [5, 5.41) is 17.7. The minimum absolute atomic E-state index is 0.0833. The van der Waals surface area contributed by atoms with Gasteiger partial charge in [-0.2, -0.15) is 0 Å². The molecular formula is C7H17NO2. The Morgan fingerprint density at radius 1 is 1.10 bits per heavy atom. The van der Waals surface area contributed by atoms with Crippen LogP contribution >= 0.6 is 0 Å². The van der Waals surface area contributed by atoms with Crippen LogP contribution in [0.25, 0.3) is 0 Å². The zero-order chi connectivity index (χ0) is 8.15. The molecule has 0 aromatic rings. The molecule has 0 fully saturated rings. The molecule has 3 heteroatoms. The fourth-order valence-corrected chi connectivity index (χ4v) is 0.973. The fraction of sp³-hybridized carbons (Fsp3) is 1.00. The number of rotatable bonds is 4. The summed E-state index contributed by atoms with van der Waals surface area (Å²) in [6.45, 7) is 3.39. The summed E-state index contributed by atoms with van der Waals surface area (Å²) in [4.78, 5) is 0. The van der Waals surface area contributed by atoms with Crippen LogP contribution in [0.3, 0.4) is 0 Å². The standard InChI is InChI=1S/C7H17NO2/c1-5(9)3-7(8)4-6(2)10/h5-7,9-10H,3-4,8H2,1-2H3. The smallest absolute Gasteiger partial charge is 0.0526 e. The lowest BCUT2D eigenvalue weighted by atomic mass is 10.1. The van der Waals surface area contributed by atoms with Gasteiger partial charge in [0.25, 0.3) is 0 Å². The van der Waals surface area contributed by atoms with E-state index < -0.39 is 0 Å². The third kappa shape index (κ3) is 6.01. The Balaban J connectivity index is 3.34. The van der Waals surface area contributed by atoms with Crippen LogP contribution in [0.5, 0.6) is 0 Å². The molecule has 3 nitrogen and oxygen atoms in total. The van der Waals surface area contributed by atoms with E-state index in [-0.39, 0.29) is 18.2 Å². The molecule has 0 aliphatic heterocycles. The molecule has 0 aliphatic rings. The molecule has 0 saturated heterocycles. The van der Waals surface area contributed by atoms with E-state index in [0.717, 1.165) is 0 Å². The van der Waals surface area contributed by atoms with Crippen molar-refractivity contribution in [2.75, 3.05) is 0 Å². The second-order valence-electron chi connectivity index (χ2n) is 2.93. The number of aliphatic hydroxyl groups excluding tert-OH is 2. The molecular weight excluding hydrogens is 130 g/mol. The largest absolute Gasteiger partial charge is 0.393 e. The van der Waals surface area contributed by atoms with Crippen LogP contribution in [0.1, 0.15) is 26.7 Å². The minimum Gasteiger partial charge on any atom is -0.393 e. The van der Waals surface area contributed by atoms with E-state index in [0.29, 0.717) is 12.8 Å². The highest BCUT2D eigenvalue weighted by Crippen LogP contribution is 2.01. The van der Waals surface area contributed by atoms with E-state index in [4.69, 9.17) is 15.9 Å². The maximum Gasteiger partial charge on any atom is 0.0526 e. The van der Waals surface area contributed by atoms with Crippen molar-refractivity contribution >= 4 is 0 Å². The van der Waals surface area contributed by atoms with Crippen molar-refractivity contribution < 1.29 is 10.2 Å². The predicted molar refractivity (Wildman–Crippen MR) is 40.6 cm³/mol. The summed E-state index contributed by atoms with van der Waals surface area (Å²) in [7, 11) is 0. The van der Waals surface area contributed by atoms with Crippen molar-refractivity contribution in [1.82, 2.24) is 0 Å². The molecule has 0 rings (SSSR count). The lowest BCUT2D eigenvalue weighted by Gasteiger charge is -2.14. The SMILES string of the molecule is CC(O)CC(N)CC(C)O. The molecule has 0 saturated carbocycles. The fourth-order valence-electron chi connectivity index (χ4n) is 0.973. The first-order chi connectivity index (χ1) is 4.52. The van der Waals surface area contributed by atoms with E-state index in [2.05, 4.69) is 0 Å². The lowest BCUT2D eigenvalue weighted by molar-refractivity contribution is 0.142. The number of hydrogen-bond donors (Lipinski definition) is 3. The molecule has 0 amide bonds. The van der Waals surface area contributed by atoms with E-state index in [1.807, 2.05) is 0 Å². The monoisotopic (exact) mass is 147 g/mol. The summed E-state index contributed by atoms with van der Waals surface area (Å²) < 4.78 is 0. The van der Waals surface area contributed by atoms with Gasteiger partial charge in [-0.05, 0) is 26.7 Å². The predicted octanol–water partition coefficient (Wildman–Crippen LogP) is -0.145. The van der Waals surface area contributed by atoms with Crippen LogP contribution in [0.15, 0.2) is 0 Å². The molecule has 2 atom stereocenters. The van der Waals surface area contributed by atoms with Gasteiger partial charge < -0.3 is 15.9 Å². The van der Waals surface area contributed by atoms with Crippen LogP contribution in [0.4, 0.5) is 0 Å². The number of nitrogens with two attached hydrogens (primary N) is 1. The first kappa shape index (κ1) is 9.88. The minimum atomic E-state index is -0.367. The van der Waals surface area contributed by atoms with Crippen LogP contribution in [-0.2, 0) is 0 Å². The van der Waals surface area contributed by atoms with Crippen molar-refractivity contribution in [1.29, 1.82) is 0 Å². The Labute approximate surface area is 61.9 Å². The first-order valence-electron chi connectivity index (χ1n) is 3.64. The van der Waals surface area contributed by atoms with Crippen molar-refractivity contribution in [2.45, 2.75) is 44.9 Å². The Kier molecular flexibility index (Phi) is 4.60. The van der Waals surface area contributed by atoms with E-state index in [1.54, 1.807) is 13.8 Å². The second kappa shape index (κ2) is 4.66. The van der Waals surface area contributed by atoms with Gasteiger partial charge in [0.2, 0.25) is 0 Å². The van der Waals surface area contributed by atoms with Gasteiger partial charge in [-0.3, -0.25) is 0 Å². The summed E-state index contributed by atoms with van der Waals surface area (Å²) in [5.74, 6) is 0. The molecule has 4 N–H and O–H groups in total. The normalized spacial score (nSPS) is 20.1. The van der Waals surface area contributed by atoms with Gasteiger partial charge in [0.1, 0.15) is 0 Å². The topological polar surface area (TPSA) is 66.5 Å². The summed E-state index contributed by atoms with van der Waals surface area (Å²) in [6.07, 6.45) is 0.387. The average molecular weight is 147 g/mol. The van der Waals surface area contributed by atoms with E-state index >= 15 is 0 Å². The molecule has 0 spiro atoms. The summed E-state index contributed by atoms with van der Waals surface area (Å²) >= 11 is 0.